The Kier molecular flexibility index (Phi) is 36.5. The lowest BCUT2D eigenvalue weighted by molar-refractivity contribution is -0.231. The standard InChI is InChI=1S/C56H99N3O9/c1-3-5-7-9-11-13-15-17-19-21-23-25-27-29-31-36-43-59(50(62)41-35-30-28-26-24-22-20-18-16-14-12-10-8-6-4-2)56-52(54(66)53(65)48(45-60)68-56)58-55(67)47(44-46-38-33-32-34-39-46)57-49(61)40-37-42-51(63)64/h32-34,38-39,47-48,52-54,56,60,65-66H,3-31,35-37,40-45H2,1-2H3,(H,57,61)(H,58,67)(H,63,64)/t47-,48+,52+,53+,54+,56+/m0/s1. The number of aliphatic carboxylic acids is 1. The molecule has 1 heterocycles. The van der Waals surface area contributed by atoms with Gasteiger partial charge in [-0.25, -0.2) is 0 Å². The molecule has 0 unspecified atom stereocenters. The number of benzene rings is 1. The van der Waals surface area contributed by atoms with Crippen LogP contribution in [0.2, 0.25) is 0 Å². The van der Waals surface area contributed by atoms with Gasteiger partial charge in [0.25, 0.3) is 0 Å². The van der Waals surface area contributed by atoms with E-state index in [0.29, 0.717) is 19.4 Å². The molecule has 6 atom stereocenters. The van der Waals surface area contributed by atoms with Gasteiger partial charge in [-0.2, -0.15) is 0 Å². The average molecular weight is 958 g/mol. The fraction of sp³-hybridized carbons (Fsp3) is 0.821. The third kappa shape index (κ3) is 28.6. The van der Waals surface area contributed by atoms with Crippen molar-refractivity contribution in [1.82, 2.24) is 15.5 Å². The van der Waals surface area contributed by atoms with Crippen LogP contribution in [0.4, 0.5) is 0 Å². The third-order valence-electron chi connectivity index (χ3n) is 13.8. The van der Waals surface area contributed by atoms with E-state index in [2.05, 4.69) is 24.5 Å². The van der Waals surface area contributed by atoms with Crippen LogP contribution in [0.25, 0.3) is 0 Å². The molecule has 1 aromatic rings. The molecule has 1 aliphatic rings. The molecule has 392 valence electrons. The van der Waals surface area contributed by atoms with Crippen LogP contribution in [0, 0.1) is 0 Å². The topological polar surface area (TPSA) is 186 Å². The number of nitrogens with zero attached hydrogens (tertiary/aromatic N) is 1. The lowest BCUT2D eigenvalue weighted by Gasteiger charge is -2.47. The van der Waals surface area contributed by atoms with Gasteiger partial charge in [0, 0.05) is 32.2 Å². The summed E-state index contributed by atoms with van der Waals surface area (Å²) in [7, 11) is 0. The lowest BCUT2D eigenvalue weighted by atomic mass is 9.94. The van der Waals surface area contributed by atoms with E-state index >= 15 is 0 Å². The van der Waals surface area contributed by atoms with Crippen LogP contribution in [0.15, 0.2) is 30.3 Å². The minimum Gasteiger partial charge on any atom is -0.481 e. The summed E-state index contributed by atoms with van der Waals surface area (Å²) in [4.78, 5) is 54.2. The first-order chi connectivity index (χ1) is 33.1. The third-order valence-corrected chi connectivity index (χ3v) is 13.8. The van der Waals surface area contributed by atoms with E-state index in [0.717, 1.165) is 44.1 Å². The van der Waals surface area contributed by atoms with Crippen LogP contribution in [0.3, 0.4) is 0 Å². The molecule has 0 aromatic heterocycles. The number of carbonyl (C=O) groups is 4. The van der Waals surface area contributed by atoms with E-state index < -0.39 is 61.0 Å². The van der Waals surface area contributed by atoms with Crippen LogP contribution in [0.1, 0.15) is 244 Å². The quantitative estimate of drug-likeness (QED) is 0.0346. The lowest BCUT2D eigenvalue weighted by Crippen LogP contribution is -2.70. The van der Waals surface area contributed by atoms with Crippen LogP contribution >= 0.6 is 0 Å². The van der Waals surface area contributed by atoms with Gasteiger partial charge in [0.05, 0.1) is 6.61 Å². The molecule has 12 heteroatoms. The minimum absolute atomic E-state index is 0.0968. The van der Waals surface area contributed by atoms with Gasteiger partial charge in [-0.05, 0) is 24.8 Å². The van der Waals surface area contributed by atoms with Gasteiger partial charge in [0.15, 0.2) is 6.23 Å². The number of unbranched alkanes of at least 4 members (excludes halogenated alkanes) is 29. The number of nitrogens with one attached hydrogen (secondary N) is 2. The Balaban J connectivity index is 2.06. The summed E-state index contributed by atoms with van der Waals surface area (Å²) in [6.45, 7) is 4.24. The van der Waals surface area contributed by atoms with Crippen LogP contribution in [0.5, 0.6) is 0 Å². The van der Waals surface area contributed by atoms with Crippen LogP contribution < -0.4 is 10.6 Å². The predicted octanol–water partition coefficient (Wildman–Crippen LogP) is 11.2. The average Bonchev–Trinajstić information content (AvgIpc) is 3.33. The highest BCUT2D eigenvalue weighted by Crippen LogP contribution is 2.27. The number of aliphatic hydroxyl groups is 3. The summed E-state index contributed by atoms with van der Waals surface area (Å²) in [5.41, 5.74) is 0.764. The molecular weight excluding hydrogens is 859 g/mol. The number of amides is 3. The van der Waals surface area contributed by atoms with E-state index in [1.54, 1.807) is 4.90 Å². The van der Waals surface area contributed by atoms with Gasteiger partial charge in [-0.15, -0.1) is 0 Å². The maximum absolute atomic E-state index is 14.3. The Hall–Kier alpha value is -3.06. The van der Waals surface area contributed by atoms with Crippen LogP contribution in [-0.4, -0.2) is 98.8 Å². The van der Waals surface area contributed by atoms with Crippen molar-refractivity contribution in [3.63, 3.8) is 0 Å². The molecule has 2 rings (SSSR count). The number of hydrogen-bond acceptors (Lipinski definition) is 8. The zero-order chi connectivity index (χ0) is 49.5. The second-order valence-electron chi connectivity index (χ2n) is 19.9. The largest absolute Gasteiger partial charge is 0.481 e. The van der Waals surface area contributed by atoms with Crippen molar-refractivity contribution in [1.29, 1.82) is 0 Å². The number of carboxylic acids is 1. The Bertz CT molecular complexity index is 1420. The van der Waals surface area contributed by atoms with Crippen molar-refractivity contribution >= 4 is 23.7 Å². The molecule has 0 bridgehead atoms. The van der Waals surface area contributed by atoms with E-state index in [4.69, 9.17) is 9.84 Å². The van der Waals surface area contributed by atoms with Gasteiger partial charge in [-0.3, -0.25) is 19.2 Å². The molecule has 3 amide bonds. The summed E-state index contributed by atoms with van der Waals surface area (Å²) in [5.74, 6) is -2.34. The summed E-state index contributed by atoms with van der Waals surface area (Å²) >= 11 is 0. The molecule has 1 aromatic carbocycles. The number of rotatable bonds is 44. The van der Waals surface area contributed by atoms with Crippen LogP contribution in [-0.2, 0) is 30.3 Å². The van der Waals surface area contributed by atoms with E-state index in [1.165, 1.54) is 148 Å². The highest BCUT2D eigenvalue weighted by molar-refractivity contribution is 5.88. The first-order valence-electron chi connectivity index (χ1n) is 27.9. The van der Waals surface area contributed by atoms with Gasteiger partial charge < -0.3 is 40.7 Å². The maximum atomic E-state index is 14.3. The van der Waals surface area contributed by atoms with Crippen molar-refractivity contribution in [3.05, 3.63) is 35.9 Å². The molecule has 0 saturated carbocycles. The highest BCUT2D eigenvalue weighted by atomic mass is 16.5. The highest BCUT2D eigenvalue weighted by Gasteiger charge is 2.48. The van der Waals surface area contributed by atoms with Gasteiger partial charge in [0.1, 0.15) is 30.4 Å². The van der Waals surface area contributed by atoms with E-state index in [9.17, 15) is 34.5 Å². The summed E-state index contributed by atoms with van der Waals surface area (Å²) in [6.07, 6.45) is 32.3. The fourth-order valence-electron chi connectivity index (χ4n) is 9.53. The van der Waals surface area contributed by atoms with Gasteiger partial charge in [0.2, 0.25) is 17.7 Å². The first-order valence-corrected chi connectivity index (χ1v) is 27.9. The zero-order valence-corrected chi connectivity index (χ0v) is 43.0. The summed E-state index contributed by atoms with van der Waals surface area (Å²) in [6, 6.07) is 6.75. The van der Waals surface area contributed by atoms with E-state index in [-0.39, 0.29) is 38.0 Å². The Morgan fingerprint density at radius 2 is 1.01 bits per heavy atom. The molecule has 1 aliphatic heterocycles. The van der Waals surface area contributed by atoms with Crippen molar-refractivity contribution < 1.29 is 44.3 Å². The summed E-state index contributed by atoms with van der Waals surface area (Å²) in [5, 5.41) is 47.6. The van der Waals surface area contributed by atoms with Crippen molar-refractivity contribution in [2.75, 3.05) is 13.2 Å². The fourth-order valence-corrected chi connectivity index (χ4v) is 9.53. The molecule has 0 spiro atoms. The monoisotopic (exact) mass is 958 g/mol. The minimum atomic E-state index is -1.59. The van der Waals surface area contributed by atoms with Gasteiger partial charge in [-0.1, -0.05) is 230 Å². The summed E-state index contributed by atoms with van der Waals surface area (Å²) < 4.78 is 6.27. The SMILES string of the molecule is CCCCCCCCCCCCCCCCCCN(C(=O)CCCCCCCCCCCCCCCCC)[C@@H]1O[C@H](CO)[C@@H](O)[C@H](O)[C@H]1NC(=O)[C@H](Cc1ccccc1)NC(=O)CCCC(=O)O. The first kappa shape index (κ1) is 61.1. The number of carbonyl (C=O) groups excluding carboxylic acids is 3. The Morgan fingerprint density at radius 3 is 1.46 bits per heavy atom. The zero-order valence-electron chi connectivity index (χ0n) is 43.0. The molecule has 6 N–H and O–H groups in total. The number of aliphatic hydroxyl groups excluding tert-OH is 3. The number of hydrogen-bond donors (Lipinski definition) is 6. The Labute approximate surface area is 412 Å². The number of carboxylic acid groups (broad SMARTS) is 1. The Morgan fingerprint density at radius 1 is 0.574 bits per heavy atom. The van der Waals surface area contributed by atoms with E-state index in [1.807, 2.05) is 30.3 Å². The maximum Gasteiger partial charge on any atom is 0.303 e. The van der Waals surface area contributed by atoms with Crippen molar-refractivity contribution in [2.24, 2.45) is 0 Å². The van der Waals surface area contributed by atoms with Crippen molar-refractivity contribution in [3.8, 4) is 0 Å². The van der Waals surface area contributed by atoms with Gasteiger partial charge >= 0.3 is 5.97 Å². The second-order valence-corrected chi connectivity index (χ2v) is 19.9. The molecule has 1 saturated heterocycles. The second kappa shape index (κ2) is 40.6. The molecule has 0 radical (unpaired) electrons. The molecule has 1 fully saturated rings. The van der Waals surface area contributed by atoms with Crippen molar-refractivity contribution in [2.45, 2.75) is 282 Å². The molecular formula is C56H99N3O9. The smallest absolute Gasteiger partial charge is 0.303 e. The molecule has 0 aliphatic carbocycles. The molecule has 12 nitrogen and oxygen atoms in total. The normalized spacial score (nSPS) is 18.6. The molecule has 68 heavy (non-hydrogen) atoms. The number of ether oxygens (including phenoxy) is 1. The predicted molar refractivity (Wildman–Crippen MR) is 274 cm³/mol.